The summed E-state index contributed by atoms with van der Waals surface area (Å²) in [6, 6.07) is 4.82. The van der Waals surface area contributed by atoms with Gasteiger partial charge in [-0.25, -0.2) is 13.6 Å². The zero-order valence-corrected chi connectivity index (χ0v) is 11.5. The Morgan fingerprint density at radius 1 is 1.32 bits per heavy atom. The molecule has 0 heterocycles. The molecular weight excluding hydrogens is 262 g/mol. The number of sulfonamides is 1. The highest BCUT2D eigenvalue weighted by Gasteiger charge is 2.53. The lowest BCUT2D eigenvalue weighted by Crippen LogP contribution is -2.18. The first-order valence-corrected chi connectivity index (χ1v) is 8.12. The van der Waals surface area contributed by atoms with Gasteiger partial charge in [-0.1, -0.05) is 0 Å². The van der Waals surface area contributed by atoms with Crippen molar-refractivity contribution in [2.75, 3.05) is 17.6 Å². The van der Waals surface area contributed by atoms with Crippen LogP contribution in [0.25, 0.3) is 0 Å². The van der Waals surface area contributed by atoms with Gasteiger partial charge in [-0.05, 0) is 55.2 Å². The molecule has 0 aliphatic heterocycles. The van der Waals surface area contributed by atoms with E-state index < -0.39 is 10.0 Å². The van der Waals surface area contributed by atoms with E-state index in [2.05, 4.69) is 5.32 Å². The molecule has 2 fully saturated rings. The van der Waals surface area contributed by atoms with Crippen LogP contribution in [0.3, 0.4) is 0 Å². The van der Waals surface area contributed by atoms with Crippen molar-refractivity contribution in [1.82, 2.24) is 0 Å². The molecule has 0 bridgehead atoms. The Bertz CT molecular complexity index is 604. The molecule has 2 aliphatic rings. The number of benzene rings is 1. The fourth-order valence-electron chi connectivity index (χ4n) is 2.78. The number of anilines is 2. The lowest BCUT2D eigenvalue weighted by Gasteiger charge is -2.16. The van der Waals surface area contributed by atoms with Crippen LogP contribution in [0, 0.1) is 11.3 Å². The lowest BCUT2D eigenvalue weighted by atomic mass is 10.0. The highest BCUT2D eigenvalue weighted by molar-refractivity contribution is 7.89. The van der Waals surface area contributed by atoms with Crippen LogP contribution in [0.2, 0.25) is 0 Å². The maximum Gasteiger partial charge on any atom is 0.240 e. The van der Waals surface area contributed by atoms with Crippen LogP contribution in [-0.4, -0.2) is 15.0 Å². The first-order valence-electron chi connectivity index (χ1n) is 6.57. The van der Waals surface area contributed by atoms with E-state index in [0.29, 0.717) is 5.41 Å². The highest BCUT2D eigenvalue weighted by atomic mass is 32.2. The molecule has 0 atom stereocenters. The van der Waals surface area contributed by atoms with Gasteiger partial charge in [-0.15, -0.1) is 0 Å². The highest BCUT2D eigenvalue weighted by Crippen LogP contribution is 2.61. The van der Waals surface area contributed by atoms with Gasteiger partial charge in [0.05, 0.1) is 5.69 Å². The second kappa shape index (κ2) is 4.11. The van der Waals surface area contributed by atoms with E-state index in [1.807, 2.05) is 0 Å². The Morgan fingerprint density at radius 2 is 2.00 bits per heavy atom. The number of hydrogen-bond acceptors (Lipinski definition) is 4. The van der Waals surface area contributed by atoms with Crippen LogP contribution >= 0.6 is 0 Å². The van der Waals surface area contributed by atoms with E-state index in [1.165, 1.54) is 31.7 Å². The fraction of sp³-hybridized carbons (Fsp3) is 0.538. The van der Waals surface area contributed by atoms with E-state index in [0.717, 1.165) is 18.2 Å². The molecule has 0 aromatic heterocycles. The van der Waals surface area contributed by atoms with E-state index in [-0.39, 0.29) is 10.6 Å². The summed E-state index contributed by atoms with van der Waals surface area (Å²) in [6.07, 6.45) is 5.31. The van der Waals surface area contributed by atoms with Crippen LogP contribution in [-0.2, 0) is 10.0 Å². The van der Waals surface area contributed by atoms with Crippen molar-refractivity contribution in [2.45, 2.75) is 30.6 Å². The van der Waals surface area contributed by atoms with Gasteiger partial charge in [0.25, 0.3) is 0 Å². The summed E-state index contributed by atoms with van der Waals surface area (Å²) in [5.41, 5.74) is 7.28. The summed E-state index contributed by atoms with van der Waals surface area (Å²) >= 11 is 0. The van der Waals surface area contributed by atoms with Crippen molar-refractivity contribution < 1.29 is 8.42 Å². The second-order valence-electron chi connectivity index (χ2n) is 5.79. The Hall–Kier alpha value is -1.27. The summed E-state index contributed by atoms with van der Waals surface area (Å²) in [4.78, 5) is -0.0126. The summed E-state index contributed by atoms with van der Waals surface area (Å²) in [7, 11) is -3.74. The third-order valence-corrected chi connectivity index (χ3v) is 5.28. The summed E-state index contributed by atoms with van der Waals surface area (Å²) in [5.74, 6) is 0.890. The van der Waals surface area contributed by atoms with Gasteiger partial charge in [-0.2, -0.15) is 0 Å². The van der Waals surface area contributed by atoms with Crippen molar-refractivity contribution in [3.8, 4) is 0 Å². The van der Waals surface area contributed by atoms with Crippen LogP contribution in [0.1, 0.15) is 25.7 Å². The Labute approximate surface area is 113 Å². The first-order chi connectivity index (χ1) is 8.91. The standard InChI is InChI=1S/C13H19N3O2S/c14-11-7-10(3-4-12(11)19(15,17)18)16-8-13(5-6-13)9-1-2-9/h3-4,7,9,16H,1-2,5-6,8,14H2,(H2,15,17,18). The van der Waals surface area contributed by atoms with Crippen LogP contribution in [0.15, 0.2) is 23.1 Å². The second-order valence-corrected chi connectivity index (χ2v) is 7.32. The molecular formula is C13H19N3O2S. The van der Waals surface area contributed by atoms with Gasteiger partial charge in [0.15, 0.2) is 0 Å². The molecule has 0 saturated heterocycles. The van der Waals surface area contributed by atoms with Crippen molar-refractivity contribution in [3.05, 3.63) is 18.2 Å². The fourth-order valence-corrected chi connectivity index (χ4v) is 3.43. The maximum atomic E-state index is 11.3. The minimum absolute atomic E-state index is 0.0126. The SMILES string of the molecule is Nc1cc(NCC2(C3CC3)CC2)ccc1S(N)(=O)=O. The monoisotopic (exact) mass is 281 g/mol. The van der Waals surface area contributed by atoms with Crippen LogP contribution in [0.5, 0.6) is 0 Å². The van der Waals surface area contributed by atoms with Crippen LogP contribution < -0.4 is 16.2 Å². The van der Waals surface area contributed by atoms with Crippen molar-refractivity contribution in [1.29, 1.82) is 0 Å². The molecule has 19 heavy (non-hydrogen) atoms. The maximum absolute atomic E-state index is 11.3. The molecule has 2 saturated carbocycles. The third kappa shape index (κ3) is 2.55. The van der Waals surface area contributed by atoms with Gasteiger partial charge < -0.3 is 11.1 Å². The van der Waals surface area contributed by atoms with E-state index in [9.17, 15) is 8.42 Å². The number of nitrogens with one attached hydrogen (secondary N) is 1. The predicted octanol–water partition coefficient (Wildman–Crippen LogP) is 1.52. The topological polar surface area (TPSA) is 98.2 Å². The van der Waals surface area contributed by atoms with Crippen molar-refractivity contribution in [2.24, 2.45) is 16.5 Å². The van der Waals surface area contributed by atoms with E-state index >= 15 is 0 Å². The van der Waals surface area contributed by atoms with Crippen LogP contribution in [0.4, 0.5) is 11.4 Å². The molecule has 0 unspecified atom stereocenters. The quantitative estimate of drug-likeness (QED) is 0.713. The summed E-state index contributed by atoms with van der Waals surface area (Å²) in [6.45, 7) is 0.950. The first kappa shape index (κ1) is 12.7. The number of primary sulfonamides is 1. The molecule has 2 aliphatic carbocycles. The number of hydrogen-bond donors (Lipinski definition) is 3. The Balaban J connectivity index is 1.70. The average Bonchev–Trinajstić information content (AvgIpc) is 3.17. The van der Waals surface area contributed by atoms with E-state index in [1.54, 1.807) is 12.1 Å². The van der Waals surface area contributed by atoms with Gasteiger partial charge >= 0.3 is 0 Å². The molecule has 5 nitrogen and oxygen atoms in total. The summed E-state index contributed by atoms with van der Waals surface area (Å²) in [5, 5.41) is 8.45. The molecule has 5 N–H and O–H groups in total. The molecule has 0 radical (unpaired) electrons. The molecule has 0 spiro atoms. The molecule has 104 valence electrons. The van der Waals surface area contributed by atoms with Gasteiger partial charge in [-0.3, -0.25) is 0 Å². The zero-order chi connectivity index (χ0) is 13.7. The molecule has 1 aromatic carbocycles. The van der Waals surface area contributed by atoms with E-state index in [4.69, 9.17) is 10.9 Å². The number of nitrogens with two attached hydrogens (primary N) is 2. The number of rotatable bonds is 5. The van der Waals surface area contributed by atoms with Crippen molar-refractivity contribution in [3.63, 3.8) is 0 Å². The lowest BCUT2D eigenvalue weighted by molar-refractivity contribution is 0.467. The minimum Gasteiger partial charge on any atom is -0.398 e. The smallest absolute Gasteiger partial charge is 0.240 e. The summed E-state index contributed by atoms with van der Waals surface area (Å²) < 4.78 is 22.5. The Kier molecular flexibility index (Phi) is 2.76. The molecule has 6 heteroatoms. The number of nitrogen functional groups attached to an aromatic ring is 1. The normalized spacial score (nSPS) is 21.1. The van der Waals surface area contributed by atoms with Crippen molar-refractivity contribution >= 4 is 21.4 Å². The average molecular weight is 281 g/mol. The predicted molar refractivity (Wildman–Crippen MR) is 75.1 cm³/mol. The largest absolute Gasteiger partial charge is 0.398 e. The van der Waals surface area contributed by atoms with Gasteiger partial charge in [0.2, 0.25) is 10.0 Å². The Morgan fingerprint density at radius 3 is 2.47 bits per heavy atom. The third-order valence-electron chi connectivity index (χ3n) is 4.30. The van der Waals surface area contributed by atoms with Gasteiger partial charge in [0.1, 0.15) is 4.90 Å². The minimum atomic E-state index is -3.74. The zero-order valence-electron chi connectivity index (χ0n) is 10.7. The molecule has 1 aromatic rings. The molecule has 0 amide bonds. The molecule has 3 rings (SSSR count). The van der Waals surface area contributed by atoms with Gasteiger partial charge in [0, 0.05) is 12.2 Å².